The van der Waals surface area contributed by atoms with Gasteiger partial charge in [0.05, 0.1) is 6.42 Å². The smallest absolute Gasteiger partial charge is 0.308 e. The predicted molar refractivity (Wildman–Crippen MR) is 88.7 cm³/mol. The van der Waals surface area contributed by atoms with Crippen molar-refractivity contribution >= 4 is 11.9 Å². The van der Waals surface area contributed by atoms with Gasteiger partial charge in [-0.1, -0.05) is 13.0 Å². The van der Waals surface area contributed by atoms with Gasteiger partial charge in [-0.25, -0.2) is 0 Å². The fraction of sp³-hybridized carbons (Fsp3) is 0.789. The van der Waals surface area contributed by atoms with E-state index in [1.807, 2.05) is 6.92 Å². The maximum absolute atomic E-state index is 12.2. The van der Waals surface area contributed by atoms with E-state index in [2.05, 4.69) is 6.58 Å². The first-order chi connectivity index (χ1) is 11.0. The molecule has 2 saturated carbocycles. The first-order valence-electron chi connectivity index (χ1n) is 9.12. The van der Waals surface area contributed by atoms with E-state index in [1.165, 1.54) is 25.7 Å². The standard InChI is InChI=1S/C19H29NO3/c1-3-19(2,13-16-12-14-6-7-15(16)11-14)23-18(22)8-10-20-9-4-5-17(20)21/h3,14-16H,1,4-13H2,2H3/t14-,15-,16+,19+/m0/s1. The third kappa shape index (κ3) is 3.78. The fourth-order valence-electron chi connectivity index (χ4n) is 4.79. The van der Waals surface area contributed by atoms with E-state index < -0.39 is 5.60 Å². The van der Waals surface area contributed by atoms with E-state index in [0.29, 0.717) is 18.9 Å². The second-order valence-electron chi connectivity index (χ2n) is 7.86. The number of fused-ring (bicyclic) bond motifs is 2. The highest BCUT2D eigenvalue weighted by Crippen LogP contribution is 2.51. The molecule has 0 aromatic rings. The molecule has 2 bridgehead atoms. The molecule has 4 atom stereocenters. The summed E-state index contributed by atoms with van der Waals surface area (Å²) in [6, 6.07) is 0. The highest BCUT2D eigenvalue weighted by Gasteiger charge is 2.42. The van der Waals surface area contributed by atoms with Crippen molar-refractivity contribution in [2.75, 3.05) is 13.1 Å². The van der Waals surface area contributed by atoms with Crippen molar-refractivity contribution in [1.29, 1.82) is 0 Å². The summed E-state index contributed by atoms with van der Waals surface area (Å²) < 4.78 is 5.76. The van der Waals surface area contributed by atoms with Crippen molar-refractivity contribution in [3.05, 3.63) is 12.7 Å². The average molecular weight is 319 g/mol. The van der Waals surface area contributed by atoms with Crippen molar-refractivity contribution in [3.63, 3.8) is 0 Å². The fourth-order valence-corrected chi connectivity index (χ4v) is 4.79. The minimum absolute atomic E-state index is 0.159. The molecule has 0 unspecified atom stereocenters. The lowest BCUT2D eigenvalue weighted by Gasteiger charge is -2.32. The van der Waals surface area contributed by atoms with Gasteiger partial charge in [0.25, 0.3) is 0 Å². The summed E-state index contributed by atoms with van der Waals surface area (Å²) in [6.45, 7) is 7.13. The summed E-state index contributed by atoms with van der Waals surface area (Å²) in [6.07, 6.45) is 9.86. The Morgan fingerprint density at radius 3 is 2.83 bits per heavy atom. The van der Waals surface area contributed by atoms with E-state index in [1.54, 1.807) is 11.0 Å². The summed E-state index contributed by atoms with van der Waals surface area (Å²) >= 11 is 0. The Labute approximate surface area is 139 Å². The van der Waals surface area contributed by atoms with Crippen LogP contribution in [0.5, 0.6) is 0 Å². The molecule has 0 spiro atoms. The third-order valence-electron chi connectivity index (χ3n) is 6.09. The van der Waals surface area contributed by atoms with Gasteiger partial charge in [0.15, 0.2) is 0 Å². The Hall–Kier alpha value is -1.32. The molecular weight excluding hydrogens is 290 g/mol. The first-order valence-corrected chi connectivity index (χ1v) is 9.12. The lowest BCUT2D eigenvalue weighted by molar-refractivity contribution is -0.155. The molecule has 1 amide bonds. The molecule has 4 heteroatoms. The van der Waals surface area contributed by atoms with Crippen LogP contribution < -0.4 is 0 Å². The van der Waals surface area contributed by atoms with Crippen LogP contribution in [0.3, 0.4) is 0 Å². The monoisotopic (exact) mass is 319 g/mol. The van der Waals surface area contributed by atoms with Crippen LogP contribution in [0.4, 0.5) is 0 Å². The minimum Gasteiger partial charge on any atom is -0.455 e. The van der Waals surface area contributed by atoms with Crippen LogP contribution in [-0.2, 0) is 14.3 Å². The average Bonchev–Trinajstić information content (AvgIpc) is 3.22. The third-order valence-corrected chi connectivity index (χ3v) is 6.09. The van der Waals surface area contributed by atoms with Crippen molar-refractivity contribution in [1.82, 2.24) is 4.90 Å². The number of likely N-dealkylation sites (tertiary alicyclic amines) is 1. The molecule has 3 rings (SSSR count). The zero-order valence-corrected chi connectivity index (χ0v) is 14.3. The van der Waals surface area contributed by atoms with E-state index in [-0.39, 0.29) is 18.3 Å². The number of nitrogens with zero attached hydrogens (tertiary/aromatic N) is 1. The zero-order chi connectivity index (χ0) is 16.4. The summed E-state index contributed by atoms with van der Waals surface area (Å²) in [4.78, 5) is 25.6. The lowest BCUT2D eigenvalue weighted by atomic mass is 9.81. The first kappa shape index (κ1) is 16.5. The molecule has 4 nitrogen and oxygen atoms in total. The Bertz CT molecular complexity index is 489. The number of hydrogen-bond acceptors (Lipinski definition) is 3. The zero-order valence-electron chi connectivity index (χ0n) is 14.3. The molecule has 0 radical (unpaired) electrons. The molecule has 3 fully saturated rings. The SMILES string of the molecule is C=C[C@](C)(C[C@H]1C[C@H]2CC[C@H]1C2)OC(=O)CCN1CCCC1=O. The number of carbonyl (C=O) groups excluding carboxylic acids is 2. The molecule has 128 valence electrons. The number of amides is 1. The van der Waals surface area contributed by atoms with Gasteiger partial charge in [0.1, 0.15) is 5.60 Å². The maximum Gasteiger partial charge on any atom is 0.308 e. The summed E-state index contributed by atoms with van der Waals surface area (Å²) in [5.41, 5.74) is -0.568. The van der Waals surface area contributed by atoms with Gasteiger partial charge in [0.2, 0.25) is 5.91 Å². The Morgan fingerprint density at radius 2 is 2.26 bits per heavy atom. The molecule has 0 aromatic carbocycles. The van der Waals surface area contributed by atoms with Gasteiger partial charge < -0.3 is 9.64 Å². The summed E-state index contributed by atoms with van der Waals surface area (Å²) in [5, 5.41) is 0. The second-order valence-corrected chi connectivity index (χ2v) is 7.86. The van der Waals surface area contributed by atoms with Crippen LogP contribution in [0.25, 0.3) is 0 Å². The minimum atomic E-state index is -0.568. The van der Waals surface area contributed by atoms with Crippen molar-refractivity contribution in [3.8, 4) is 0 Å². The van der Waals surface area contributed by atoms with Crippen LogP contribution >= 0.6 is 0 Å². The summed E-state index contributed by atoms with van der Waals surface area (Å²) in [5.74, 6) is 2.34. The van der Waals surface area contributed by atoms with Crippen molar-refractivity contribution in [2.45, 2.75) is 63.9 Å². The van der Waals surface area contributed by atoms with Crippen LogP contribution in [0, 0.1) is 17.8 Å². The molecule has 23 heavy (non-hydrogen) atoms. The predicted octanol–water partition coefficient (Wildman–Crippen LogP) is 3.31. The van der Waals surface area contributed by atoms with E-state index in [9.17, 15) is 9.59 Å². The molecule has 2 aliphatic carbocycles. The largest absolute Gasteiger partial charge is 0.455 e. The second kappa shape index (κ2) is 6.66. The Kier molecular flexibility index (Phi) is 4.79. The van der Waals surface area contributed by atoms with E-state index in [0.717, 1.165) is 31.2 Å². The van der Waals surface area contributed by atoms with Gasteiger partial charge in [-0.15, -0.1) is 0 Å². The Morgan fingerprint density at radius 1 is 1.43 bits per heavy atom. The molecule has 1 aliphatic heterocycles. The molecule has 0 aromatic heterocycles. The van der Waals surface area contributed by atoms with Crippen molar-refractivity contribution < 1.29 is 14.3 Å². The van der Waals surface area contributed by atoms with E-state index in [4.69, 9.17) is 4.74 Å². The lowest BCUT2D eigenvalue weighted by Crippen LogP contribution is -2.35. The highest BCUT2D eigenvalue weighted by molar-refractivity contribution is 5.79. The number of carbonyl (C=O) groups is 2. The van der Waals surface area contributed by atoms with E-state index >= 15 is 0 Å². The summed E-state index contributed by atoms with van der Waals surface area (Å²) in [7, 11) is 0. The van der Waals surface area contributed by atoms with Crippen LogP contribution in [0.15, 0.2) is 12.7 Å². The van der Waals surface area contributed by atoms with Gasteiger partial charge in [-0.05, 0) is 62.9 Å². The van der Waals surface area contributed by atoms with Gasteiger partial charge in [-0.2, -0.15) is 0 Å². The van der Waals surface area contributed by atoms with Gasteiger partial charge >= 0.3 is 5.97 Å². The normalized spacial score (nSPS) is 32.1. The van der Waals surface area contributed by atoms with Gasteiger partial charge in [-0.3, -0.25) is 9.59 Å². The molecule has 1 heterocycles. The van der Waals surface area contributed by atoms with Crippen LogP contribution in [-0.4, -0.2) is 35.5 Å². The quantitative estimate of drug-likeness (QED) is 0.534. The molecular formula is C19H29NO3. The number of esters is 1. The number of rotatable bonds is 7. The maximum atomic E-state index is 12.2. The molecule has 1 saturated heterocycles. The van der Waals surface area contributed by atoms with Gasteiger partial charge in [0, 0.05) is 19.5 Å². The van der Waals surface area contributed by atoms with Crippen LogP contribution in [0.2, 0.25) is 0 Å². The molecule has 0 N–H and O–H groups in total. The number of ether oxygens (including phenoxy) is 1. The molecule has 3 aliphatic rings. The topological polar surface area (TPSA) is 46.6 Å². The number of hydrogen-bond donors (Lipinski definition) is 0. The van der Waals surface area contributed by atoms with Crippen LogP contribution in [0.1, 0.15) is 58.3 Å². The van der Waals surface area contributed by atoms with Crippen molar-refractivity contribution in [2.24, 2.45) is 17.8 Å². The highest BCUT2D eigenvalue weighted by atomic mass is 16.6. The Balaban J connectivity index is 1.48.